The Morgan fingerprint density at radius 2 is 1.94 bits per heavy atom. The summed E-state index contributed by atoms with van der Waals surface area (Å²) in [7, 11) is 1.47. The average Bonchev–Trinajstić information content (AvgIpc) is 3.21. The van der Waals surface area contributed by atoms with Crippen LogP contribution in [0.1, 0.15) is 38.8 Å². The van der Waals surface area contributed by atoms with Gasteiger partial charge in [0.05, 0.1) is 19.1 Å². The molecule has 174 valence electrons. The van der Waals surface area contributed by atoms with Gasteiger partial charge < -0.3 is 14.4 Å². The number of ether oxygens (including phenoxy) is 1. The maximum absolute atomic E-state index is 12.2. The zero-order valence-electron chi connectivity index (χ0n) is 19.5. The molecule has 9 heteroatoms. The smallest absolute Gasteiger partial charge is 0.250 e. The topological polar surface area (TPSA) is 102 Å². The lowest BCUT2D eigenvalue weighted by Gasteiger charge is -2.19. The maximum Gasteiger partial charge on any atom is 0.250 e. The number of benzene rings is 2. The van der Waals surface area contributed by atoms with E-state index < -0.39 is 0 Å². The monoisotopic (exact) mass is 467 g/mol. The largest absolute Gasteiger partial charge is 0.504 e. The fraction of sp³-hybridized carbons (Fsp3) is 0.333. The van der Waals surface area contributed by atoms with Gasteiger partial charge in [0.2, 0.25) is 0 Å². The first-order chi connectivity index (χ1) is 15.7. The SMILES string of the molecule is CCn1c(SCC(=O)NN=Cc2cccc(OC)c2O)nnc1-c1ccc(C(C)(C)C)cc1. The zero-order valence-corrected chi connectivity index (χ0v) is 20.3. The van der Waals surface area contributed by atoms with Crippen LogP contribution in [-0.2, 0) is 16.8 Å². The molecule has 1 amide bonds. The molecular formula is C24H29N5O3S. The molecule has 0 atom stereocenters. The number of thioether (sulfide) groups is 1. The summed E-state index contributed by atoms with van der Waals surface area (Å²) in [6.45, 7) is 9.24. The molecule has 0 aliphatic rings. The average molecular weight is 468 g/mol. The molecule has 3 aromatic rings. The number of amides is 1. The van der Waals surface area contributed by atoms with Gasteiger partial charge in [0, 0.05) is 17.7 Å². The Morgan fingerprint density at radius 3 is 2.58 bits per heavy atom. The quantitative estimate of drug-likeness (QED) is 0.292. The summed E-state index contributed by atoms with van der Waals surface area (Å²) in [6.07, 6.45) is 1.37. The Bertz CT molecular complexity index is 1130. The first kappa shape index (κ1) is 24.3. The number of hydrazone groups is 1. The van der Waals surface area contributed by atoms with Gasteiger partial charge in [0.15, 0.2) is 22.5 Å². The van der Waals surface area contributed by atoms with Crippen molar-refractivity contribution in [2.45, 2.75) is 44.8 Å². The van der Waals surface area contributed by atoms with Crippen LogP contribution < -0.4 is 10.2 Å². The Labute approximate surface area is 198 Å². The van der Waals surface area contributed by atoms with E-state index >= 15 is 0 Å². The molecule has 3 rings (SSSR count). The Hall–Kier alpha value is -3.33. The van der Waals surface area contributed by atoms with E-state index in [-0.39, 0.29) is 22.8 Å². The van der Waals surface area contributed by atoms with Crippen molar-refractivity contribution in [1.82, 2.24) is 20.2 Å². The van der Waals surface area contributed by atoms with Crippen molar-refractivity contribution in [2.24, 2.45) is 5.10 Å². The fourth-order valence-electron chi connectivity index (χ4n) is 3.16. The predicted molar refractivity (Wildman–Crippen MR) is 131 cm³/mol. The normalized spacial score (nSPS) is 11.7. The fourth-order valence-corrected chi connectivity index (χ4v) is 3.95. The molecule has 1 aromatic heterocycles. The lowest BCUT2D eigenvalue weighted by Crippen LogP contribution is -2.20. The number of methoxy groups -OCH3 is 1. The highest BCUT2D eigenvalue weighted by molar-refractivity contribution is 7.99. The van der Waals surface area contributed by atoms with Crippen LogP contribution in [0.5, 0.6) is 11.5 Å². The van der Waals surface area contributed by atoms with Crippen LogP contribution >= 0.6 is 11.8 Å². The van der Waals surface area contributed by atoms with E-state index in [9.17, 15) is 9.90 Å². The van der Waals surface area contributed by atoms with E-state index in [4.69, 9.17) is 4.74 Å². The van der Waals surface area contributed by atoms with Gasteiger partial charge in [-0.25, -0.2) is 5.43 Å². The van der Waals surface area contributed by atoms with Gasteiger partial charge in [-0.05, 0) is 30.0 Å². The molecule has 0 bridgehead atoms. The zero-order chi connectivity index (χ0) is 24.0. The Kier molecular flexibility index (Phi) is 7.75. The number of hydrogen-bond acceptors (Lipinski definition) is 7. The summed E-state index contributed by atoms with van der Waals surface area (Å²) in [5.74, 6) is 0.908. The molecule has 1 heterocycles. The first-order valence-electron chi connectivity index (χ1n) is 10.6. The molecule has 0 unspecified atom stereocenters. The van der Waals surface area contributed by atoms with Crippen LogP contribution in [0.15, 0.2) is 52.7 Å². The number of phenolic OH excluding ortho intramolecular Hbond substituents is 1. The van der Waals surface area contributed by atoms with Crippen LogP contribution in [0.4, 0.5) is 0 Å². The second-order valence-electron chi connectivity index (χ2n) is 8.36. The van der Waals surface area contributed by atoms with Gasteiger partial charge in [0.25, 0.3) is 5.91 Å². The van der Waals surface area contributed by atoms with E-state index in [0.29, 0.717) is 23.0 Å². The summed E-state index contributed by atoms with van der Waals surface area (Å²) in [5.41, 5.74) is 5.22. The van der Waals surface area contributed by atoms with Crippen LogP contribution in [0.3, 0.4) is 0 Å². The molecule has 0 saturated heterocycles. The highest BCUT2D eigenvalue weighted by Crippen LogP contribution is 2.29. The number of nitrogens with one attached hydrogen (secondary N) is 1. The lowest BCUT2D eigenvalue weighted by molar-refractivity contribution is -0.118. The number of phenols is 1. The van der Waals surface area contributed by atoms with Crippen molar-refractivity contribution in [3.05, 3.63) is 53.6 Å². The van der Waals surface area contributed by atoms with Gasteiger partial charge in [-0.1, -0.05) is 62.9 Å². The van der Waals surface area contributed by atoms with Gasteiger partial charge in [-0.15, -0.1) is 10.2 Å². The third-order valence-corrected chi connectivity index (χ3v) is 5.98. The molecule has 2 N–H and O–H groups in total. The van der Waals surface area contributed by atoms with Crippen molar-refractivity contribution in [3.63, 3.8) is 0 Å². The molecule has 0 radical (unpaired) electrons. The predicted octanol–water partition coefficient (Wildman–Crippen LogP) is 4.22. The van der Waals surface area contributed by atoms with Crippen molar-refractivity contribution >= 4 is 23.9 Å². The molecule has 0 aliphatic heterocycles. The van der Waals surface area contributed by atoms with Crippen LogP contribution in [0.25, 0.3) is 11.4 Å². The van der Waals surface area contributed by atoms with E-state index in [2.05, 4.69) is 65.8 Å². The van der Waals surface area contributed by atoms with Crippen LogP contribution in [0.2, 0.25) is 0 Å². The molecule has 33 heavy (non-hydrogen) atoms. The summed E-state index contributed by atoms with van der Waals surface area (Å²) >= 11 is 1.29. The molecule has 0 saturated carbocycles. The molecule has 0 spiro atoms. The van der Waals surface area contributed by atoms with E-state index in [1.54, 1.807) is 18.2 Å². The third kappa shape index (κ3) is 5.92. The van der Waals surface area contributed by atoms with Gasteiger partial charge in [-0.3, -0.25) is 4.79 Å². The number of aromatic hydroxyl groups is 1. The van der Waals surface area contributed by atoms with Crippen molar-refractivity contribution < 1.29 is 14.6 Å². The van der Waals surface area contributed by atoms with Crippen molar-refractivity contribution in [1.29, 1.82) is 0 Å². The standard InChI is InChI=1S/C24H29N5O3S/c1-6-29-22(16-10-12-18(13-11-16)24(2,3)4)27-28-23(29)33-15-20(30)26-25-14-17-8-7-9-19(32-5)21(17)31/h7-14,31H,6,15H2,1-5H3,(H,26,30). The van der Waals surface area contributed by atoms with E-state index in [0.717, 1.165) is 11.4 Å². The first-order valence-corrected chi connectivity index (χ1v) is 11.6. The molecular weight excluding hydrogens is 438 g/mol. The Morgan fingerprint density at radius 1 is 1.21 bits per heavy atom. The number of carbonyl (C=O) groups is 1. The highest BCUT2D eigenvalue weighted by Gasteiger charge is 2.17. The summed E-state index contributed by atoms with van der Waals surface area (Å²) in [4.78, 5) is 12.2. The minimum Gasteiger partial charge on any atom is -0.504 e. The van der Waals surface area contributed by atoms with Gasteiger partial charge in [-0.2, -0.15) is 5.10 Å². The Balaban J connectivity index is 1.63. The van der Waals surface area contributed by atoms with Crippen LogP contribution in [-0.4, -0.2) is 44.9 Å². The van der Waals surface area contributed by atoms with E-state index in [1.807, 2.05) is 11.5 Å². The summed E-state index contributed by atoms with van der Waals surface area (Å²) in [5, 5.41) is 23.3. The second kappa shape index (κ2) is 10.5. The number of carbonyl (C=O) groups excluding carboxylic acids is 1. The van der Waals surface area contributed by atoms with Crippen molar-refractivity contribution in [2.75, 3.05) is 12.9 Å². The molecule has 0 aliphatic carbocycles. The van der Waals surface area contributed by atoms with E-state index in [1.165, 1.54) is 30.6 Å². The maximum atomic E-state index is 12.2. The highest BCUT2D eigenvalue weighted by atomic mass is 32.2. The number of rotatable bonds is 8. The number of aromatic nitrogens is 3. The molecule has 0 fully saturated rings. The number of hydrogen-bond donors (Lipinski definition) is 2. The molecule has 8 nitrogen and oxygen atoms in total. The minimum atomic E-state index is -0.291. The third-order valence-electron chi connectivity index (χ3n) is 5.02. The lowest BCUT2D eigenvalue weighted by atomic mass is 9.87. The number of nitrogens with zero attached hydrogens (tertiary/aromatic N) is 4. The summed E-state index contributed by atoms with van der Waals surface area (Å²) < 4.78 is 7.05. The summed E-state index contributed by atoms with van der Waals surface area (Å²) in [6, 6.07) is 13.4. The second-order valence-corrected chi connectivity index (χ2v) is 9.30. The van der Waals surface area contributed by atoms with Crippen molar-refractivity contribution in [3.8, 4) is 22.9 Å². The van der Waals surface area contributed by atoms with Crippen LogP contribution in [0, 0.1) is 0 Å². The number of para-hydroxylation sites is 1. The minimum absolute atomic E-state index is 0.0357. The molecule has 2 aromatic carbocycles. The van der Waals surface area contributed by atoms with Gasteiger partial charge >= 0.3 is 0 Å². The van der Waals surface area contributed by atoms with Gasteiger partial charge in [0.1, 0.15) is 0 Å².